The van der Waals surface area contributed by atoms with Crippen LogP contribution in [0.3, 0.4) is 0 Å². The van der Waals surface area contributed by atoms with E-state index in [0.29, 0.717) is 54.4 Å². The number of hydrogen-bond acceptors (Lipinski definition) is 5. The molecule has 0 unspecified atom stereocenters. The van der Waals surface area contributed by atoms with E-state index in [1.54, 1.807) is 0 Å². The summed E-state index contributed by atoms with van der Waals surface area (Å²) in [5, 5.41) is 0. The third kappa shape index (κ3) is 1.78. The number of ether oxygens (including phenoxy) is 2. The Kier molecular flexibility index (Phi) is 3.27. The van der Waals surface area contributed by atoms with Gasteiger partial charge in [0.25, 0.3) is 0 Å². The molecule has 5 atom stereocenters. The summed E-state index contributed by atoms with van der Waals surface area (Å²) in [5.41, 5.74) is 4.37. The zero-order valence-corrected chi connectivity index (χ0v) is 16.8. The second-order valence-corrected chi connectivity index (χ2v) is 9.68. The predicted octanol–water partition coefficient (Wildman–Crippen LogP) is 2.78. The average molecular weight is 381 g/mol. The largest absolute Gasteiger partial charge is 0.497 e. The Labute approximate surface area is 165 Å². The van der Waals surface area contributed by atoms with Crippen LogP contribution in [0.5, 0.6) is 0 Å². The monoisotopic (exact) mass is 381 g/mol. The van der Waals surface area contributed by atoms with Crippen molar-refractivity contribution in [2.45, 2.75) is 45.6 Å². The minimum Gasteiger partial charge on any atom is -0.497 e. The van der Waals surface area contributed by atoms with Crippen molar-refractivity contribution in [2.75, 3.05) is 26.8 Å². The Morgan fingerprint density at radius 2 is 2.07 bits per heavy atom. The first-order chi connectivity index (χ1) is 13.5. The summed E-state index contributed by atoms with van der Waals surface area (Å²) < 4.78 is 11.3. The molecule has 0 saturated carbocycles. The molecule has 0 aromatic rings. The second kappa shape index (κ2) is 5.38. The molecule has 3 heterocycles. The number of esters is 1. The molecule has 28 heavy (non-hydrogen) atoms. The highest BCUT2D eigenvalue weighted by Crippen LogP contribution is 2.65. The summed E-state index contributed by atoms with van der Waals surface area (Å²) in [7, 11) is 1.42. The minimum atomic E-state index is -0.359. The van der Waals surface area contributed by atoms with Gasteiger partial charge in [-0.2, -0.15) is 0 Å². The number of nitrogens with zero attached hydrogens (tertiary/aromatic N) is 1. The third-order valence-electron chi connectivity index (χ3n) is 8.58. The van der Waals surface area contributed by atoms with Crippen LogP contribution in [-0.4, -0.2) is 49.5 Å². The first kappa shape index (κ1) is 17.0. The molecule has 0 N–H and O–H groups in total. The third-order valence-corrected chi connectivity index (χ3v) is 8.58. The lowest BCUT2D eigenvalue weighted by Crippen LogP contribution is -2.41. The van der Waals surface area contributed by atoms with Gasteiger partial charge in [0.15, 0.2) is 5.78 Å². The standard InChI is InChI=1S/C23H27NO4/c1-11-9-24-10-12-4-5-16-17-13(6-7-28-16)18(22(26)27-3)19-15(25)8-14(11)21(24)23(12,2)20(17)19/h11-12,14,21H,4-10H2,1-3H3/t11-,12-,14+,21-,23+/m1/s1. The first-order valence-electron chi connectivity index (χ1n) is 10.7. The van der Waals surface area contributed by atoms with Gasteiger partial charge in [-0.3, -0.25) is 9.69 Å². The van der Waals surface area contributed by atoms with Crippen LogP contribution in [0.15, 0.2) is 33.6 Å². The van der Waals surface area contributed by atoms with Gasteiger partial charge in [0.1, 0.15) is 5.76 Å². The summed E-state index contributed by atoms with van der Waals surface area (Å²) in [5.74, 6) is 2.16. The second-order valence-electron chi connectivity index (χ2n) is 9.68. The lowest BCUT2D eigenvalue weighted by Gasteiger charge is -2.40. The first-order valence-corrected chi connectivity index (χ1v) is 10.7. The van der Waals surface area contributed by atoms with E-state index in [0.717, 1.165) is 48.4 Å². The molecule has 5 heteroatoms. The average Bonchev–Trinajstić information content (AvgIpc) is 3.22. The molecule has 0 radical (unpaired) electrons. The van der Waals surface area contributed by atoms with E-state index < -0.39 is 0 Å². The fourth-order valence-electron chi connectivity index (χ4n) is 7.53. The van der Waals surface area contributed by atoms with E-state index in [9.17, 15) is 9.59 Å². The Bertz CT molecular complexity index is 925. The zero-order chi connectivity index (χ0) is 19.4. The van der Waals surface area contributed by atoms with Crippen LogP contribution in [0.25, 0.3) is 0 Å². The molecule has 0 aromatic carbocycles. The molecule has 5 nitrogen and oxygen atoms in total. The van der Waals surface area contributed by atoms with Gasteiger partial charge in [-0.15, -0.1) is 0 Å². The molecule has 0 bridgehead atoms. The quantitative estimate of drug-likeness (QED) is 0.654. The summed E-state index contributed by atoms with van der Waals surface area (Å²) in [4.78, 5) is 29.1. The Morgan fingerprint density at radius 1 is 1.25 bits per heavy atom. The van der Waals surface area contributed by atoms with Crippen molar-refractivity contribution in [1.29, 1.82) is 0 Å². The van der Waals surface area contributed by atoms with Gasteiger partial charge in [0.2, 0.25) is 0 Å². The highest BCUT2D eigenvalue weighted by molar-refractivity contribution is 6.15. The van der Waals surface area contributed by atoms with Crippen molar-refractivity contribution in [1.82, 2.24) is 4.90 Å². The van der Waals surface area contributed by atoms with Crippen LogP contribution >= 0.6 is 0 Å². The smallest absolute Gasteiger partial charge is 0.338 e. The molecule has 0 amide bonds. The van der Waals surface area contributed by atoms with Crippen molar-refractivity contribution in [3.05, 3.63) is 33.6 Å². The van der Waals surface area contributed by atoms with Crippen molar-refractivity contribution >= 4 is 11.8 Å². The van der Waals surface area contributed by atoms with E-state index in [4.69, 9.17) is 9.47 Å². The van der Waals surface area contributed by atoms with Crippen LogP contribution in [0.4, 0.5) is 0 Å². The van der Waals surface area contributed by atoms with Gasteiger partial charge in [-0.05, 0) is 35.3 Å². The number of Topliss-reactive ketones (excluding diaryl/α,β-unsaturated/α-hetero) is 1. The lowest BCUT2D eigenvalue weighted by atomic mass is 9.64. The topological polar surface area (TPSA) is 55.8 Å². The van der Waals surface area contributed by atoms with Gasteiger partial charge in [-0.1, -0.05) is 13.8 Å². The SMILES string of the molecule is COC(=O)C1=C2CCOC3=C2C2=C1C(=O)C[C@H]1[C@H](C)CN4C[C@@H](CC3)[C@]2(C)[C@@H]14. The maximum atomic E-state index is 13.6. The molecule has 2 fully saturated rings. The molecule has 3 aliphatic heterocycles. The lowest BCUT2D eigenvalue weighted by molar-refractivity contribution is -0.136. The van der Waals surface area contributed by atoms with Crippen molar-refractivity contribution in [3.8, 4) is 0 Å². The molecular formula is C23H27NO4. The van der Waals surface area contributed by atoms with Crippen molar-refractivity contribution < 1.29 is 19.1 Å². The summed E-state index contributed by atoms with van der Waals surface area (Å²) >= 11 is 0. The van der Waals surface area contributed by atoms with Gasteiger partial charge < -0.3 is 9.47 Å². The van der Waals surface area contributed by atoms with Crippen molar-refractivity contribution in [2.24, 2.45) is 23.2 Å². The number of rotatable bonds is 1. The molecule has 148 valence electrons. The van der Waals surface area contributed by atoms with E-state index >= 15 is 0 Å². The number of methoxy groups -OCH3 is 1. The molecule has 6 aliphatic rings. The van der Waals surface area contributed by atoms with Crippen molar-refractivity contribution in [3.63, 3.8) is 0 Å². The van der Waals surface area contributed by atoms with Gasteiger partial charge >= 0.3 is 5.97 Å². The van der Waals surface area contributed by atoms with Crippen LogP contribution < -0.4 is 0 Å². The predicted molar refractivity (Wildman–Crippen MR) is 102 cm³/mol. The number of carbonyl (C=O) groups is 2. The highest BCUT2D eigenvalue weighted by atomic mass is 16.5. The maximum absolute atomic E-state index is 13.6. The molecule has 3 aliphatic carbocycles. The van der Waals surface area contributed by atoms with E-state index in [-0.39, 0.29) is 17.2 Å². The number of hydrogen-bond donors (Lipinski definition) is 0. The fourth-order valence-corrected chi connectivity index (χ4v) is 7.53. The van der Waals surface area contributed by atoms with E-state index in [2.05, 4.69) is 18.7 Å². The van der Waals surface area contributed by atoms with E-state index in [1.807, 2.05) is 0 Å². The van der Waals surface area contributed by atoms with Gasteiger partial charge in [-0.25, -0.2) is 4.79 Å². The van der Waals surface area contributed by atoms with Crippen LogP contribution in [0, 0.1) is 23.2 Å². The minimum absolute atomic E-state index is 0.101. The Hall–Kier alpha value is -1.88. The van der Waals surface area contributed by atoms with Gasteiger partial charge in [0.05, 0.1) is 19.3 Å². The van der Waals surface area contributed by atoms with Crippen LogP contribution in [0.2, 0.25) is 0 Å². The highest BCUT2D eigenvalue weighted by Gasteiger charge is 2.64. The summed E-state index contributed by atoms with van der Waals surface area (Å²) in [6.45, 7) is 7.43. The molecule has 2 saturated heterocycles. The fraction of sp³-hybridized carbons (Fsp3) is 0.652. The van der Waals surface area contributed by atoms with Crippen LogP contribution in [-0.2, 0) is 19.1 Å². The van der Waals surface area contributed by atoms with Crippen LogP contribution in [0.1, 0.15) is 39.5 Å². The maximum Gasteiger partial charge on any atom is 0.338 e. The molecule has 0 aromatic heterocycles. The Balaban J connectivity index is 1.68. The normalized spacial score (nSPS) is 41.2. The number of allylic oxidation sites excluding steroid dienone is 2. The van der Waals surface area contributed by atoms with Gasteiger partial charge in [0, 0.05) is 55.0 Å². The van der Waals surface area contributed by atoms with E-state index in [1.165, 1.54) is 7.11 Å². The number of carbonyl (C=O) groups excluding carboxylic acids is 2. The summed E-state index contributed by atoms with van der Waals surface area (Å²) in [6.07, 6.45) is 3.22. The zero-order valence-electron chi connectivity index (χ0n) is 16.8. The molecule has 6 rings (SSSR count). The number of ketones is 1. The summed E-state index contributed by atoms with van der Waals surface area (Å²) in [6, 6.07) is 0.385. The Morgan fingerprint density at radius 3 is 2.86 bits per heavy atom. The molecule has 0 spiro atoms. The molecular weight excluding hydrogens is 354 g/mol.